The van der Waals surface area contributed by atoms with Crippen LogP contribution in [0.25, 0.3) is 0 Å². The monoisotopic (exact) mass is 495 g/mol. The molecule has 0 aliphatic heterocycles. The van der Waals surface area contributed by atoms with Crippen molar-refractivity contribution >= 4 is 11.9 Å². The standard InChI is InChI=1S/C25H25N3O8/c1-33-16-9-5-14(6-10-16)18-19(23(29)35-3)22(27)25(13-26,24(30)36-4)20(21(18)28(31)32)15-7-11-17(34-2)12-8-15/h5-12,18,20-21H,27H2,1-4H3. The lowest BCUT2D eigenvalue weighted by molar-refractivity contribution is -0.532. The van der Waals surface area contributed by atoms with Crippen molar-refractivity contribution in [3.05, 3.63) is 81.0 Å². The van der Waals surface area contributed by atoms with Gasteiger partial charge < -0.3 is 24.7 Å². The van der Waals surface area contributed by atoms with E-state index in [4.69, 9.17) is 24.7 Å². The molecule has 4 unspecified atom stereocenters. The number of nitrogens with zero attached hydrogens (tertiary/aromatic N) is 2. The molecule has 0 heterocycles. The number of rotatable bonds is 7. The van der Waals surface area contributed by atoms with Crippen LogP contribution in [0.2, 0.25) is 0 Å². The predicted octanol–water partition coefficient (Wildman–Crippen LogP) is 2.30. The summed E-state index contributed by atoms with van der Waals surface area (Å²) in [4.78, 5) is 38.3. The van der Waals surface area contributed by atoms with Crippen molar-refractivity contribution < 1.29 is 33.5 Å². The normalized spacial score (nSPS) is 23.2. The molecule has 188 valence electrons. The average Bonchev–Trinajstić information content (AvgIpc) is 2.91. The van der Waals surface area contributed by atoms with Gasteiger partial charge in [-0.05, 0) is 35.4 Å². The molecular weight excluding hydrogens is 470 g/mol. The molecule has 0 bridgehead atoms. The smallest absolute Gasteiger partial charge is 0.336 e. The molecule has 0 radical (unpaired) electrons. The van der Waals surface area contributed by atoms with Gasteiger partial charge in [0.25, 0.3) is 0 Å². The summed E-state index contributed by atoms with van der Waals surface area (Å²) in [7, 11) is 5.03. The van der Waals surface area contributed by atoms with E-state index in [2.05, 4.69) is 0 Å². The van der Waals surface area contributed by atoms with E-state index in [9.17, 15) is 25.0 Å². The first-order valence-corrected chi connectivity index (χ1v) is 10.7. The summed E-state index contributed by atoms with van der Waals surface area (Å²) in [6, 6.07) is 12.5. The van der Waals surface area contributed by atoms with Gasteiger partial charge in [-0.2, -0.15) is 5.26 Å². The van der Waals surface area contributed by atoms with Crippen molar-refractivity contribution in [3.8, 4) is 17.6 Å². The number of carbonyl (C=O) groups excluding carboxylic acids is 2. The van der Waals surface area contributed by atoms with E-state index in [1.807, 2.05) is 6.07 Å². The summed E-state index contributed by atoms with van der Waals surface area (Å²) in [5.41, 5.74) is 3.81. The number of hydrogen-bond donors (Lipinski definition) is 1. The van der Waals surface area contributed by atoms with Crippen molar-refractivity contribution in [1.29, 1.82) is 5.26 Å². The molecule has 4 atom stereocenters. The Balaban J connectivity index is 2.47. The molecule has 1 aliphatic carbocycles. The Kier molecular flexibility index (Phi) is 7.48. The lowest BCUT2D eigenvalue weighted by atomic mass is 9.57. The molecule has 2 aromatic carbocycles. The Morgan fingerprint density at radius 3 is 1.83 bits per heavy atom. The Morgan fingerprint density at radius 1 is 0.944 bits per heavy atom. The number of nitriles is 1. The second-order valence-electron chi connectivity index (χ2n) is 8.01. The molecule has 0 aromatic heterocycles. The van der Waals surface area contributed by atoms with Gasteiger partial charge in [-0.25, -0.2) is 9.59 Å². The van der Waals surface area contributed by atoms with Crippen LogP contribution in [0.4, 0.5) is 0 Å². The van der Waals surface area contributed by atoms with Crippen molar-refractivity contribution in [3.63, 3.8) is 0 Å². The zero-order chi connectivity index (χ0) is 26.6. The van der Waals surface area contributed by atoms with E-state index >= 15 is 0 Å². The topological polar surface area (TPSA) is 164 Å². The van der Waals surface area contributed by atoms with E-state index in [0.29, 0.717) is 17.1 Å². The summed E-state index contributed by atoms with van der Waals surface area (Å²) >= 11 is 0. The van der Waals surface area contributed by atoms with Gasteiger partial charge in [0, 0.05) is 4.92 Å². The zero-order valence-electron chi connectivity index (χ0n) is 20.1. The van der Waals surface area contributed by atoms with Gasteiger partial charge in [0.05, 0.1) is 57.6 Å². The fourth-order valence-electron chi connectivity index (χ4n) is 4.76. The molecule has 2 N–H and O–H groups in total. The quantitative estimate of drug-likeness (QED) is 0.342. The highest BCUT2D eigenvalue weighted by Gasteiger charge is 2.65. The third-order valence-corrected chi connectivity index (χ3v) is 6.46. The van der Waals surface area contributed by atoms with Crippen LogP contribution in [0.15, 0.2) is 59.8 Å². The highest BCUT2D eigenvalue weighted by atomic mass is 16.6. The van der Waals surface area contributed by atoms with Crippen LogP contribution in [0.1, 0.15) is 23.0 Å². The molecule has 36 heavy (non-hydrogen) atoms. The first kappa shape index (κ1) is 26.0. The van der Waals surface area contributed by atoms with E-state index in [1.54, 1.807) is 36.4 Å². The highest BCUT2D eigenvalue weighted by Crippen LogP contribution is 2.55. The number of esters is 2. The molecular formula is C25H25N3O8. The maximum atomic E-state index is 13.2. The van der Waals surface area contributed by atoms with Crippen molar-refractivity contribution in [2.45, 2.75) is 17.9 Å². The molecule has 11 heteroatoms. The van der Waals surface area contributed by atoms with Crippen LogP contribution in [0.5, 0.6) is 11.5 Å². The van der Waals surface area contributed by atoms with E-state index in [0.717, 1.165) is 14.2 Å². The van der Waals surface area contributed by atoms with Crippen LogP contribution < -0.4 is 15.2 Å². The summed E-state index contributed by atoms with van der Waals surface area (Å²) in [5, 5.41) is 23.1. The first-order valence-electron chi connectivity index (χ1n) is 10.7. The predicted molar refractivity (Wildman–Crippen MR) is 126 cm³/mol. The van der Waals surface area contributed by atoms with Crippen LogP contribution in [0.3, 0.4) is 0 Å². The van der Waals surface area contributed by atoms with E-state index in [-0.39, 0.29) is 11.1 Å². The number of ether oxygens (including phenoxy) is 4. The molecule has 11 nitrogen and oxygen atoms in total. The minimum Gasteiger partial charge on any atom is -0.497 e. The van der Waals surface area contributed by atoms with Crippen LogP contribution >= 0.6 is 0 Å². The number of nitro groups is 1. The summed E-state index contributed by atoms with van der Waals surface area (Å²) in [6.07, 6.45) is 0. The number of carbonyl (C=O) groups is 2. The Bertz CT molecular complexity index is 1230. The second-order valence-corrected chi connectivity index (χ2v) is 8.01. The molecule has 0 spiro atoms. The molecule has 2 aromatic rings. The van der Waals surface area contributed by atoms with Crippen molar-refractivity contribution in [1.82, 2.24) is 0 Å². The van der Waals surface area contributed by atoms with E-state index in [1.165, 1.54) is 26.4 Å². The van der Waals surface area contributed by atoms with Crippen LogP contribution in [0, 0.1) is 26.9 Å². The molecule has 1 aliphatic rings. The molecule has 3 rings (SSSR count). The molecule has 0 amide bonds. The molecule has 0 saturated carbocycles. The van der Waals surface area contributed by atoms with Gasteiger partial charge in [-0.1, -0.05) is 24.3 Å². The molecule has 0 fully saturated rings. The van der Waals surface area contributed by atoms with Crippen molar-refractivity contribution in [2.24, 2.45) is 11.1 Å². The fourth-order valence-corrected chi connectivity index (χ4v) is 4.76. The Labute approximate surface area is 207 Å². The lowest BCUT2D eigenvalue weighted by Crippen LogP contribution is -2.55. The van der Waals surface area contributed by atoms with Gasteiger partial charge in [-0.3, -0.25) is 10.1 Å². The fraction of sp³-hybridized carbons (Fsp3) is 0.320. The largest absolute Gasteiger partial charge is 0.497 e. The van der Waals surface area contributed by atoms with Crippen LogP contribution in [-0.4, -0.2) is 51.3 Å². The van der Waals surface area contributed by atoms with Gasteiger partial charge in [0.15, 0.2) is 0 Å². The minimum absolute atomic E-state index is 0.259. The SMILES string of the molecule is COC(=O)C1=C(N)C(C#N)(C(=O)OC)C(c2ccc(OC)cc2)C([N+](=O)[O-])C1c1ccc(OC)cc1. The zero-order valence-corrected chi connectivity index (χ0v) is 20.1. The minimum atomic E-state index is -2.40. The van der Waals surface area contributed by atoms with Gasteiger partial charge in [-0.15, -0.1) is 0 Å². The second kappa shape index (κ2) is 10.4. The maximum absolute atomic E-state index is 13.2. The highest BCUT2D eigenvalue weighted by molar-refractivity contribution is 5.96. The summed E-state index contributed by atoms with van der Waals surface area (Å²) < 4.78 is 20.2. The summed E-state index contributed by atoms with van der Waals surface area (Å²) in [6.45, 7) is 0. The first-order chi connectivity index (χ1) is 17.2. The third-order valence-electron chi connectivity index (χ3n) is 6.46. The van der Waals surface area contributed by atoms with Crippen molar-refractivity contribution in [2.75, 3.05) is 28.4 Å². The third kappa shape index (κ3) is 4.07. The summed E-state index contributed by atoms with van der Waals surface area (Å²) in [5.74, 6) is -3.90. The van der Waals surface area contributed by atoms with Gasteiger partial charge in [0.1, 0.15) is 11.5 Å². The number of methoxy groups -OCH3 is 4. The average molecular weight is 495 g/mol. The number of hydrogen-bond acceptors (Lipinski definition) is 10. The Morgan fingerprint density at radius 2 is 1.44 bits per heavy atom. The van der Waals surface area contributed by atoms with Crippen LogP contribution in [-0.2, 0) is 19.1 Å². The van der Waals surface area contributed by atoms with E-state index < -0.39 is 45.9 Å². The molecule has 0 saturated heterocycles. The number of benzene rings is 2. The maximum Gasteiger partial charge on any atom is 0.336 e. The Hall–Kier alpha value is -4.59. The van der Waals surface area contributed by atoms with Gasteiger partial charge >= 0.3 is 11.9 Å². The van der Waals surface area contributed by atoms with Gasteiger partial charge in [0.2, 0.25) is 11.5 Å². The lowest BCUT2D eigenvalue weighted by Gasteiger charge is -2.42. The number of nitrogens with two attached hydrogens (primary N) is 1.